The van der Waals surface area contributed by atoms with Gasteiger partial charge in [-0.25, -0.2) is 4.79 Å². The maximum atomic E-state index is 12.3. The van der Waals surface area contributed by atoms with Gasteiger partial charge in [-0.05, 0) is 12.8 Å². The summed E-state index contributed by atoms with van der Waals surface area (Å²) in [7, 11) is 4.82. The van der Waals surface area contributed by atoms with Crippen LogP contribution >= 0.6 is 0 Å². The SMILES string of the molecule is CCCC1(C(=O)O)CCN(C(=O)N(C)CC(=O)N(C)C)C1. The predicted molar refractivity (Wildman–Crippen MR) is 77.9 cm³/mol. The van der Waals surface area contributed by atoms with Crippen molar-refractivity contribution in [1.29, 1.82) is 0 Å². The van der Waals surface area contributed by atoms with Gasteiger partial charge in [0.25, 0.3) is 0 Å². The number of carboxylic acids is 1. The lowest BCUT2D eigenvalue weighted by molar-refractivity contribution is -0.148. The van der Waals surface area contributed by atoms with Crippen LogP contribution in [0.4, 0.5) is 4.79 Å². The molecule has 1 aliphatic rings. The van der Waals surface area contributed by atoms with Crippen molar-refractivity contribution < 1.29 is 19.5 Å². The standard InChI is InChI=1S/C14H25N3O4/c1-5-6-14(12(19)20)7-8-17(10-14)13(21)16(4)9-11(18)15(2)3/h5-10H2,1-4H3,(H,19,20). The maximum absolute atomic E-state index is 12.3. The molecule has 0 bridgehead atoms. The van der Waals surface area contributed by atoms with E-state index in [0.29, 0.717) is 19.4 Å². The van der Waals surface area contributed by atoms with Crippen molar-refractivity contribution in [2.45, 2.75) is 26.2 Å². The summed E-state index contributed by atoms with van der Waals surface area (Å²) in [5.74, 6) is -1.00. The molecule has 1 fully saturated rings. The van der Waals surface area contributed by atoms with Crippen molar-refractivity contribution in [2.24, 2.45) is 5.41 Å². The summed E-state index contributed by atoms with van der Waals surface area (Å²) in [4.78, 5) is 39.7. The molecule has 21 heavy (non-hydrogen) atoms. The largest absolute Gasteiger partial charge is 0.481 e. The first kappa shape index (κ1) is 17.3. The topological polar surface area (TPSA) is 81.2 Å². The first-order chi connectivity index (χ1) is 9.73. The van der Waals surface area contributed by atoms with Gasteiger partial charge in [-0.15, -0.1) is 0 Å². The number of hydrogen-bond donors (Lipinski definition) is 1. The molecule has 1 unspecified atom stereocenters. The van der Waals surface area contributed by atoms with Gasteiger partial charge in [-0.2, -0.15) is 0 Å². The number of carbonyl (C=O) groups excluding carboxylic acids is 2. The lowest BCUT2D eigenvalue weighted by Crippen LogP contribution is -2.45. The van der Waals surface area contributed by atoms with Crippen LogP contribution < -0.4 is 0 Å². The highest BCUT2D eigenvalue weighted by molar-refractivity contribution is 5.84. The van der Waals surface area contributed by atoms with Crippen LogP contribution in [0.1, 0.15) is 26.2 Å². The third-order valence-corrected chi connectivity index (χ3v) is 4.00. The zero-order valence-corrected chi connectivity index (χ0v) is 13.3. The summed E-state index contributed by atoms with van der Waals surface area (Å²) < 4.78 is 0. The molecule has 3 amide bonds. The Hall–Kier alpha value is -1.79. The van der Waals surface area contributed by atoms with Gasteiger partial charge in [0.1, 0.15) is 6.54 Å². The van der Waals surface area contributed by atoms with E-state index in [-0.39, 0.29) is 25.0 Å². The average Bonchev–Trinajstić information content (AvgIpc) is 2.83. The summed E-state index contributed by atoms with van der Waals surface area (Å²) in [6, 6.07) is -0.288. The Balaban J connectivity index is 2.69. The first-order valence-corrected chi connectivity index (χ1v) is 7.17. The molecule has 7 nitrogen and oxygen atoms in total. The summed E-state index contributed by atoms with van der Waals surface area (Å²) in [5, 5.41) is 9.44. The Labute approximate surface area is 125 Å². The number of aliphatic carboxylic acids is 1. The molecule has 0 spiro atoms. The highest BCUT2D eigenvalue weighted by Gasteiger charge is 2.45. The van der Waals surface area contributed by atoms with Crippen molar-refractivity contribution in [2.75, 3.05) is 40.8 Å². The Morgan fingerprint density at radius 1 is 1.24 bits per heavy atom. The maximum Gasteiger partial charge on any atom is 0.320 e. The molecule has 0 saturated carbocycles. The molecule has 0 aliphatic carbocycles. The number of likely N-dealkylation sites (N-methyl/N-ethyl adjacent to an activating group) is 2. The minimum absolute atomic E-state index is 0.00379. The molecular formula is C14H25N3O4. The summed E-state index contributed by atoms with van der Waals surface area (Å²) in [6.07, 6.45) is 1.80. The van der Waals surface area contributed by atoms with Gasteiger partial charge in [-0.1, -0.05) is 13.3 Å². The highest BCUT2D eigenvalue weighted by atomic mass is 16.4. The van der Waals surface area contributed by atoms with Crippen molar-refractivity contribution in [3.05, 3.63) is 0 Å². The van der Waals surface area contributed by atoms with Gasteiger partial charge in [-0.3, -0.25) is 9.59 Å². The molecule has 1 saturated heterocycles. The van der Waals surface area contributed by atoms with Crippen LogP contribution in [-0.4, -0.2) is 78.5 Å². The normalized spacial score (nSPS) is 21.2. The molecule has 1 heterocycles. The Morgan fingerprint density at radius 3 is 2.33 bits per heavy atom. The van der Waals surface area contributed by atoms with E-state index < -0.39 is 11.4 Å². The second-order valence-corrected chi connectivity index (χ2v) is 5.93. The monoisotopic (exact) mass is 299 g/mol. The van der Waals surface area contributed by atoms with Gasteiger partial charge in [0.2, 0.25) is 5.91 Å². The number of hydrogen-bond acceptors (Lipinski definition) is 3. The lowest BCUT2D eigenvalue weighted by Gasteiger charge is -2.27. The number of likely N-dealkylation sites (tertiary alicyclic amines) is 1. The highest BCUT2D eigenvalue weighted by Crippen LogP contribution is 2.35. The second kappa shape index (κ2) is 6.78. The molecular weight excluding hydrogens is 274 g/mol. The van der Waals surface area contributed by atoms with E-state index in [0.717, 1.165) is 6.42 Å². The molecule has 7 heteroatoms. The van der Waals surface area contributed by atoms with E-state index in [1.807, 2.05) is 6.92 Å². The van der Waals surface area contributed by atoms with Gasteiger partial charge >= 0.3 is 12.0 Å². The van der Waals surface area contributed by atoms with E-state index in [1.165, 1.54) is 14.7 Å². The van der Waals surface area contributed by atoms with E-state index >= 15 is 0 Å². The number of urea groups is 1. The Bertz CT molecular complexity index is 424. The smallest absolute Gasteiger partial charge is 0.320 e. The molecule has 0 aromatic rings. The minimum Gasteiger partial charge on any atom is -0.481 e. The van der Waals surface area contributed by atoms with E-state index in [9.17, 15) is 19.5 Å². The van der Waals surface area contributed by atoms with Gasteiger partial charge in [0.15, 0.2) is 0 Å². The molecule has 0 radical (unpaired) electrons. The molecule has 1 rings (SSSR count). The quantitative estimate of drug-likeness (QED) is 0.810. The minimum atomic E-state index is -0.841. The molecule has 0 aromatic carbocycles. The van der Waals surface area contributed by atoms with Crippen LogP contribution in [-0.2, 0) is 9.59 Å². The summed E-state index contributed by atoms with van der Waals surface area (Å²) >= 11 is 0. The lowest BCUT2D eigenvalue weighted by atomic mass is 9.83. The molecule has 0 aromatic heterocycles. The Morgan fingerprint density at radius 2 is 1.86 bits per heavy atom. The fourth-order valence-corrected chi connectivity index (χ4v) is 2.65. The van der Waals surface area contributed by atoms with Crippen molar-refractivity contribution >= 4 is 17.9 Å². The van der Waals surface area contributed by atoms with Crippen LogP contribution in [0.5, 0.6) is 0 Å². The molecule has 120 valence electrons. The van der Waals surface area contributed by atoms with Crippen LogP contribution in [0, 0.1) is 5.41 Å². The van der Waals surface area contributed by atoms with Crippen LogP contribution in [0.3, 0.4) is 0 Å². The van der Waals surface area contributed by atoms with Crippen molar-refractivity contribution in [3.63, 3.8) is 0 Å². The third kappa shape index (κ3) is 3.86. The number of carbonyl (C=O) groups is 3. The molecule has 1 aliphatic heterocycles. The zero-order valence-electron chi connectivity index (χ0n) is 13.3. The van der Waals surface area contributed by atoms with E-state index in [4.69, 9.17) is 0 Å². The molecule has 1 N–H and O–H groups in total. The fraction of sp³-hybridized carbons (Fsp3) is 0.786. The summed E-state index contributed by atoms with van der Waals surface area (Å²) in [6.45, 7) is 2.58. The van der Waals surface area contributed by atoms with Crippen LogP contribution in [0.15, 0.2) is 0 Å². The third-order valence-electron chi connectivity index (χ3n) is 4.00. The van der Waals surface area contributed by atoms with Crippen LogP contribution in [0.2, 0.25) is 0 Å². The average molecular weight is 299 g/mol. The van der Waals surface area contributed by atoms with Crippen LogP contribution in [0.25, 0.3) is 0 Å². The number of amides is 3. The van der Waals surface area contributed by atoms with Gasteiger partial charge in [0, 0.05) is 34.2 Å². The number of nitrogens with zero attached hydrogens (tertiary/aromatic N) is 3. The number of rotatable bonds is 5. The van der Waals surface area contributed by atoms with Gasteiger partial charge < -0.3 is 19.8 Å². The molecule has 1 atom stereocenters. The zero-order chi connectivity index (χ0) is 16.2. The van der Waals surface area contributed by atoms with Gasteiger partial charge in [0.05, 0.1) is 5.41 Å². The fourth-order valence-electron chi connectivity index (χ4n) is 2.65. The first-order valence-electron chi connectivity index (χ1n) is 7.17. The van der Waals surface area contributed by atoms with Crippen molar-refractivity contribution in [3.8, 4) is 0 Å². The Kier molecular flexibility index (Phi) is 5.57. The van der Waals surface area contributed by atoms with E-state index in [1.54, 1.807) is 21.1 Å². The predicted octanol–water partition coefficient (Wildman–Crippen LogP) is 0.703. The summed E-state index contributed by atoms with van der Waals surface area (Å²) in [5.41, 5.74) is -0.837. The second-order valence-electron chi connectivity index (χ2n) is 5.93. The number of carboxylic acid groups (broad SMARTS) is 1. The van der Waals surface area contributed by atoms with Crippen molar-refractivity contribution in [1.82, 2.24) is 14.7 Å². The van der Waals surface area contributed by atoms with E-state index in [2.05, 4.69) is 0 Å².